The number of halogens is 4. The maximum Gasteiger partial charge on any atom is 0.280 e. The van der Waals surface area contributed by atoms with E-state index in [1.807, 2.05) is 0 Å². The van der Waals surface area contributed by atoms with Gasteiger partial charge < -0.3 is 5.11 Å². The molecule has 14 heavy (non-hydrogen) atoms. The molecule has 0 saturated carbocycles. The molecular weight excluding hydrogens is 219 g/mol. The number of pyridine rings is 1. The molecule has 0 aliphatic carbocycles. The van der Waals surface area contributed by atoms with Crippen molar-refractivity contribution in [1.29, 1.82) is 0 Å². The quantitative estimate of drug-likeness (QED) is 0.802. The van der Waals surface area contributed by atoms with Gasteiger partial charge in [0, 0.05) is 5.56 Å². The lowest BCUT2D eigenvalue weighted by atomic mass is 10.1. The molecule has 0 spiro atoms. The number of hydrogen-bond acceptors (Lipinski definition) is 2. The lowest BCUT2D eigenvalue weighted by Gasteiger charge is -2.08. The maximum atomic E-state index is 13.1. The molecule has 0 atom stereocenters. The topological polar surface area (TPSA) is 33.1 Å². The third-order valence-corrected chi connectivity index (χ3v) is 1.93. The predicted molar refractivity (Wildman–Crippen MR) is 44.6 cm³/mol. The summed E-state index contributed by atoms with van der Waals surface area (Å²) >= 11 is 5.33. The van der Waals surface area contributed by atoms with Crippen molar-refractivity contribution >= 4 is 11.6 Å². The summed E-state index contributed by atoms with van der Waals surface area (Å²) in [6.07, 6.45) is -2.92. The average molecular weight is 226 g/mol. The van der Waals surface area contributed by atoms with Crippen molar-refractivity contribution < 1.29 is 18.3 Å². The highest BCUT2D eigenvalue weighted by Crippen LogP contribution is 2.24. The van der Waals surface area contributed by atoms with Gasteiger partial charge in [-0.3, -0.25) is 0 Å². The molecule has 0 saturated heterocycles. The number of rotatable bonds is 3. The molecule has 0 aliphatic heterocycles. The van der Waals surface area contributed by atoms with E-state index in [-0.39, 0.29) is 11.6 Å². The Balaban J connectivity index is 3.28. The van der Waals surface area contributed by atoms with Gasteiger partial charge in [-0.2, -0.15) is 0 Å². The Morgan fingerprint density at radius 3 is 2.57 bits per heavy atom. The van der Waals surface area contributed by atoms with Gasteiger partial charge in [-0.1, -0.05) is 0 Å². The SMILES string of the molecule is OCc1c(F)cc(CCl)nc1C(F)F. The average Bonchev–Trinajstić information content (AvgIpc) is 2.16. The monoisotopic (exact) mass is 225 g/mol. The van der Waals surface area contributed by atoms with Gasteiger partial charge in [-0.25, -0.2) is 18.2 Å². The summed E-state index contributed by atoms with van der Waals surface area (Å²) in [5.41, 5.74) is -1.20. The molecule has 1 aromatic rings. The molecule has 0 aliphatic rings. The van der Waals surface area contributed by atoms with Gasteiger partial charge in [0.05, 0.1) is 18.2 Å². The second kappa shape index (κ2) is 4.61. The van der Waals surface area contributed by atoms with E-state index < -0.39 is 30.1 Å². The lowest BCUT2D eigenvalue weighted by molar-refractivity contribution is 0.140. The third-order valence-electron chi connectivity index (χ3n) is 1.66. The van der Waals surface area contributed by atoms with Crippen molar-refractivity contribution in [1.82, 2.24) is 4.98 Å². The standard InChI is InChI=1S/C8H7ClF3NO/c9-2-4-1-6(10)5(3-14)7(13-4)8(11)12/h1,8,14H,2-3H2. The predicted octanol–water partition coefficient (Wildman–Crippen LogP) is 2.39. The van der Waals surface area contributed by atoms with Crippen LogP contribution in [0.4, 0.5) is 13.2 Å². The summed E-state index contributed by atoms with van der Waals surface area (Å²) in [4.78, 5) is 3.44. The summed E-state index contributed by atoms with van der Waals surface area (Å²) in [5.74, 6) is -1.06. The van der Waals surface area contributed by atoms with Gasteiger partial charge in [0.25, 0.3) is 6.43 Å². The van der Waals surface area contributed by atoms with Crippen LogP contribution in [-0.4, -0.2) is 10.1 Å². The summed E-state index contributed by atoms with van der Waals surface area (Å²) in [5, 5.41) is 8.67. The number of aliphatic hydroxyl groups is 1. The highest BCUT2D eigenvalue weighted by molar-refractivity contribution is 6.16. The fourth-order valence-corrected chi connectivity index (χ4v) is 1.15. The van der Waals surface area contributed by atoms with E-state index in [0.717, 1.165) is 6.07 Å². The molecule has 1 aromatic heterocycles. The Kier molecular flexibility index (Phi) is 3.71. The molecule has 78 valence electrons. The van der Waals surface area contributed by atoms with Crippen LogP contribution in [-0.2, 0) is 12.5 Å². The van der Waals surface area contributed by atoms with Crippen molar-refractivity contribution in [3.63, 3.8) is 0 Å². The molecule has 6 heteroatoms. The number of aromatic nitrogens is 1. The molecule has 1 N–H and O–H groups in total. The summed E-state index contributed by atoms with van der Waals surface area (Å²) in [6, 6.07) is 0.935. The Morgan fingerprint density at radius 1 is 1.50 bits per heavy atom. The minimum Gasteiger partial charge on any atom is -0.391 e. The molecule has 0 amide bonds. The van der Waals surface area contributed by atoms with E-state index in [1.165, 1.54) is 0 Å². The van der Waals surface area contributed by atoms with Crippen LogP contribution in [0.1, 0.15) is 23.4 Å². The van der Waals surface area contributed by atoms with E-state index in [2.05, 4.69) is 4.98 Å². The van der Waals surface area contributed by atoms with E-state index in [4.69, 9.17) is 16.7 Å². The van der Waals surface area contributed by atoms with Gasteiger partial charge in [0.1, 0.15) is 11.5 Å². The second-order valence-electron chi connectivity index (χ2n) is 2.55. The Bertz CT molecular complexity index is 333. The fraction of sp³-hybridized carbons (Fsp3) is 0.375. The Morgan fingerprint density at radius 2 is 2.14 bits per heavy atom. The third kappa shape index (κ3) is 2.16. The zero-order valence-corrected chi connectivity index (χ0v) is 7.73. The highest BCUT2D eigenvalue weighted by atomic mass is 35.5. The van der Waals surface area contributed by atoms with Gasteiger partial charge in [0.15, 0.2) is 0 Å². The minimum absolute atomic E-state index is 0.0247. The van der Waals surface area contributed by atoms with Crippen LogP contribution in [0.2, 0.25) is 0 Å². The summed E-state index contributed by atoms with van der Waals surface area (Å²) < 4.78 is 37.7. The molecule has 0 radical (unpaired) electrons. The summed E-state index contributed by atoms with van der Waals surface area (Å²) in [7, 11) is 0. The molecule has 2 nitrogen and oxygen atoms in total. The van der Waals surface area contributed by atoms with Crippen LogP contribution < -0.4 is 0 Å². The minimum atomic E-state index is -2.92. The van der Waals surface area contributed by atoms with Gasteiger partial charge in [-0.05, 0) is 6.07 Å². The first-order valence-corrected chi connectivity index (χ1v) is 4.26. The van der Waals surface area contributed by atoms with Crippen molar-refractivity contribution in [2.75, 3.05) is 0 Å². The van der Waals surface area contributed by atoms with Crippen LogP contribution in [0.25, 0.3) is 0 Å². The molecular formula is C8H7ClF3NO. The van der Waals surface area contributed by atoms with Crippen molar-refractivity contribution in [2.24, 2.45) is 0 Å². The summed E-state index contributed by atoms with van der Waals surface area (Å²) in [6.45, 7) is -0.804. The molecule has 1 rings (SSSR count). The van der Waals surface area contributed by atoms with E-state index in [9.17, 15) is 13.2 Å². The van der Waals surface area contributed by atoms with Crippen LogP contribution in [0.3, 0.4) is 0 Å². The zero-order chi connectivity index (χ0) is 10.7. The Hall–Kier alpha value is -0.810. The van der Waals surface area contributed by atoms with Crippen LogP contribution in [0, 0.1) is 5.82 Å². The fourth-order valence-electron chi connectivity index (χ4n) is 1.02. The van der Waals surface area contributed by atoms with Crippen LogP contribution >= 0.6 is 11.6 Å². The van der Waals surface area contributed by atoms with Crippen LogP contribution in [0.5, 0.6) is 0 Å². The molecule has 0 bridgehead atoms. The highest BCUT2D eigenvalue weighted by Gasteiger charge is 2.19. The lowest BCUT2D eigenvalue weighted by Crippen LogP contribution is -2.04. The number of alkyl halides is 3. The number of hydrogen-bond donors (Lipinski definition) is 1. The first-order valence-electron chi connectivity index (χ1n) is 3.73. The number of nitrogens with zero attached hydrogens (tertiary/aromatic N) is 1. The first-order chi connectivity index (χ1) is 6.60. The maximum absolute atomic E-state index is 13.1. The van der Waals surface area contributed by atoms with Gasteiger partial charge in [0.2, 0.25) is 0 Å². The van der Waals surface area contributed by atoms with Gasteiger partial charge >= 0.3 is 0 Å². The van der Waals surface area contributed by atoms with Crippen LogP contribution in [0.15, 0.2) is 6.07 Å². The molecule has 0 aromatic carbocycles. The van der Waals surface area contributed by atoms with Gasteiger partial charge in [-0.15, -0.1) is 11.6 Å². The van der Waals surface area contributed by atoms with E-state index >= 15 is 0 Å². The van der Waals surface area contributed by atoms with E-state index in [0.29, 0.717) is 0 Å². The van der Waals surface area contributed by atoms with Crippen molar-refractivity contribution in [2.45, 2.75) is 18.9 Å². The van der Waals surface area contributed by atoms with Crippen molar-refractivity contribution in [3.05, 3.63) is 28.8 Å². The molecule has 0 fully saturated rings. The molecule has 1 heterocycles. The van der Waals surface area contributed by atoms with Crippen molar-refractivity contribution in [3.8, 4) is 0 Å². The second-order valence-corrected chi connectivity index (χ2v) is 2.82. The first kappa shape index (κ1) is 11.3. The zero-order valence-electron chi connectivity index (χ0n) is 6.98. The smallest absolute Gasteiger partial charge is 0.280 e. The Labute approximate surface area is 83.3 Å². The normalized spacial score (nSPS) is 11.0. The van der Waals surface area contributed by atoms with E-state index in [1.54, 1.807) is 0 Å². The largest absolute Gasteiger partial charge is 0.391 e. The molecule has 0 unspecified atom stereocenters. The number of aliphatic hydroxyl groups excluding tert-OH is 1.